The molecule has 0 saturated heterocycles. The second-order valence-electron chi connectivity index (χ2n) is 2.06. The maximum absolute atomic E-state index is 9.10. The first-order valence-electron chi connectivity index (χ1n) is 3.53. The molecular formula is C8H13IO. The van der Waals surface area contributed by atoms with Crippen LogP contribution in [0, 0.1) is 11.8 Å². The van der Waals surface area contributed by atoms with E-state index in [2.05, 4.69) is 41.4 Å². The van der Waals surface area contributed by atoms with Crippen LogP contribution in [0.4, 0.5) is 0 Å². The van der Waals surface area contributed by atoms with Crippen molar-refractivity contribution >= 4 is 22.6 Å². The molecule has 0 aliphatic heterocycles. The molecule has 1 N–H and O–H groups in total. The molecule has 0 spiro atoms. The first kappa shape index (κ1) is 10.2. The van der Waals surface area contributed by atoms with Crippen LogP contribution in [0.1, 0.15) is 26.2 Å². The minimum Gasteiger partial charge on any atom is -0.380 e. The third-order valence-electron chi connectivity index (χ3n) is 1.03. The van der Waals surface area contributed by atoms with Crippen molar-refractivity contribution in [3.8, 4) is 11.8 Å². The maximum Gasteiger partial charge on any atom is 0.115 e. The summed E-state index contributed by atoms with van der Waals surface area (Å²) in [7, 11) is 0. The average Bonchev–Trinajstić information content (AvgIpc) is 1.89. The zero-order valence-corrected chi connectivity index (χ0v) is 8.39. The van der Waals surface area contributed by atoms with E-state index in [1.165, 1.54) is 0 Å². The van der Waals surface area contributed by atoms with Gasteiger partial charge in [0, 0.05) is 10.8 Å². The van der Waals surface area contributed by atoms with Gasteiger partial charge in [-0.15, -0.1) is 5.92 Å². The molecule has 0 aromatic carbocycles. The van der Waals surface area contributed by atoms with Crippen molar-refractivity contribution in [1.29, 1.82) is 0 Å². The molecule has 0 aromatic rings. The van der Waals surface area contributed by atoms with E-state index in [0.29, 0.717) is 0 Å². The van der Waals surface area contributed by atoms with E-state index in [4.69, 9.17) is 5.11 Å². The lowest BCUT2D eigenvalue weighted by Gasteiger charge is -1.96. The van der Waals surface area contributed by atoms with Crippen LogP contribution in [-0.2, 0) is 0 Å². The summed E-state index contributed by atoms with van der Waals surface area (Å²) in [6.07, 6.45) is 2.36. The Balaban J connectivity index is 3.37. The van der Waals surface area contributed by atoms with Crippen LogP contribution < -0.4 is 0 Å². The lowest BCUT2D eigenvalue weighted by Crippen LogP contribution is -2.02. The molecule has 0 amide bonds. The van der Waals surface area contributed by atoms with Crippen LogP contribution in [-0.4, -0.2) is 15.6 Å². The van der Waals surface area contributed by atoms with Gasteiger partial charge in [0.15, 0.2) is 0 Å². The van der Waals surface area contributed by atoms with Crippen LogP contribution in [0.15, 0.2) is 0 Å². The summed E-state index contributed by atoms with van der Waals surface area (Å²) in [6, 6.07) is 0. The van der Waals surface area contributed by atoms with Gasteiger partial charge in [0.05, 0.1) is 0 Å². The number of alkyl halides is 1. The topological polar surface area (TPSA) is 20.2 Å². The van der Waals surface area contributed by atoms with E-state index < -0.39 is 6.10 Å². The summed E-state index contributed by atoms with van der Waals surface area (Å²) >= 11 is 2.24. The molecule has 1 atom stereocenters. The van der Waals surface area contributed by atoms with Gasteiger partial charge >= 0.3 is 0 Å². The smallest absolute Gasteiger partial charge is 0.115 e. The predicted molar refractivity (Wildman–Crippen MR) is 52.2 cm³/mol. The second kappa shape index (κ2) is 7.36. The van der Waals surface area contributed by atoms with E-state index >= 15 is 0 Å². The molecule has 2 heteroatoms. The van der Waals surface area contributed by atoms with Crippen molar-refractivity contribution < 1.29 is 5.11 Å². The molecule has 10 heavy (non-hydrogen) atoms. The fraction of sp³-hybridized carbons (Fsp3) is 0.750. The second-order valence-corrected chi connectivity index (χ2v) is 3.14. The van der Waals surface area contributed by atoms with Crippen LogP contribution in [0.2, 0.25) is 0 Å². The van der Waals surface area contributed by atoms with E-state index in [1.807, 2.05) is 0 Å². The molecule has 58 valence electrons. The lowest BCUT2D eigenvalue weighted by molar-refractivity contribution is 0.230. The highest BCUT2D eigenvalue weighted by molar-refractivity contribution is 14.1. The van der Waals surface area contributed by atoms with Gasteiger partial charge in [-0.2, -0.15) is 0 Å². The predicted octanol–water partition coefficient (Wildman–Crippen LogP) is 1.98. The normalized spacial score (nSPS) is 11.9. The Morgan fingerprint density at radius 2 is 2.30 bits per heavy atom. The molecule has 0 aliphatic rings. The van der Waals surface area contributed by atoms with Gasteiger partial charge in [-0.25, -0.2) is 0 Å². The summed E-state index contributed by atoms with van der Waals surface area (Å²) in [6.45, 7) is 2.08. The van der Waals surface area contributed by atoms with Crippen molar-refractivity contribution in [3.63, 3.8) is 0 Å². The molecule has 0 bridgehead atoms. The van der Waals surface area contributed by atoms with Crippen molar-refractivity contribution in [2.24, 2.45) is 0 Å². The molecule has 0 heterocycles. The highest BCUT2D eigenvalue weighted by Crippen LogP contribution is 1.94. The number of hydrogen-bond donors (Lipinski definition) is 1. The van der Waals surface area contributed by atoms with E-state index in [0.717, 1.165) is 23.7 Å². The van der Waals surface area contributed by atoms with Crippen LogP contribution in [0.5, 0.6) is 0 Å². The van der Waals surface area contributed by atoms with Gasteiger partial charge in [0.2, 0.25) is 0 Å². The fourth-order valence-corrected chi connectivity index (χ4v) is 1.08. The fourth-order valence-electron chi connectivity index (χ4n) is 0.490. The van der Waals surface area contributed by atoms with Gasteiger partial charge in [0.1, 0.15) is 6.10 Å². The Bertz CT molecular complexity index is 123. The minimum absolute atomic E-state index is 0.400. The van der Waals surface area contributed by atoms with Gasteiger partial charge in [-0.1, -0.05) is 35.4 Å². The summed E-state index contributed by atoms with van der Waals surface area (Å²) < 4.78 is 0.972. The molecule has 0 rings (SSSR count). The zero-order valence-electron chi connectivity index (χ0n) is 6.23. The largest absolute Gasteiger partial charge is 0.380 e. The van der Waals surface area contributed by atoms with Crippen LogP contribution in [0.25, 0.3) is 0 Å². The number of aliphatic hydroxyl groups excluding tert-OH is 1. The lowest BCUT2D eigenvalue weighted by atomic mass is 10.2. The summed E-state index contributed by atoms with van der Waals surface area (Å²) in [5.41, 5.74) is 0. The number of aliphatic hydroxyl groups is 1. The SMILES string of the molecule is CCCC#CC(O)CCI. The first-order chi connectivity index (χ1) is 4.81. The van der Waals surface area contributed by atoms with E-state index in [9.17, 15) is 0 Å². The monoisotopic (exact) mass is 252 g/mol. The van der Waals surface area contributed by atoms with Crippen LogP contribution in [0.3, 0.4) is 0 Å². The van der Waals surface area contributed by atoms with Gasteiger partial charge in [-0.05, 0) is 12.8 Å². The number of hydrogen-bond acceptors (Lipinski definition) is 1. The minimum atomic E-state index is -0.400. The van der Waals surface area contributed by atoms with Gasteiger partial charge in [0.25, 0.3) is 0 Å². The first-order valence-corrected chi connectivity index (χ1v) is 5.06. The number of unbranched alkanes of at least 4 members (excludes halogenated alkanes) is 1. The molecule has 0 saturated carbocycles. The summed E-state index contributed by atoms with van der Waals surface area (Å²) in [5, 5.41) is 9.10. The highest BCUT2D eigenvalue weighted by atomic mass is 127. The number of halogens is 1. The Kier molecular flexibility index (Phi) is 7.54. The van der Waals surface area contributed by atoms with Crippen molar-refractivity contribution in [1.82, 2.24) is 0 Å². The summed E-state index contributed by atoms with van der Waals surface area (Å²) in [4.78, 5) is 0. The van der Waals surface area contributed by atoms with Crippen molar-refractivity contribution in [3.05, 3.63) is 0 Å². The Morgan fingerprint density at radius 3 is 2.80 bits per heavy atom. The summed E-state index contributed by atoms with van der Waals surface area (Å²) in [5.74, 6) is 5.70. The average molecular weight is 252 g/mol. The highest BCUT2D eigenvalue weighted by Gasteiger charge is 1.94. The zero-order chi connectivity index (χ0) is 7.82. The Labute approximate surface area is 76.3 Å². The van der Waals surface area contributed by atoms with Gasteiger partial charge in [-0.3, -0.25) is 0 Å². The standard InChI is InChI=1S/C8H13IO/c1-2-3-4-5-8(10)6-7-9/h8,10H,2-3,6-7H2,1H3. The third-order valence-corrected chi connectivity index (χ3v) is 1.65. The molecule has 1 unspecified atom stereocenters. The van der Waals surface area contributed by atoms with E-state index in [1.54, 1.807) is 0 Å². The molecule has 1 nitrogen and oxygen atoms in total. The Hall–Kier alpha value is 0.250. The van der Waals surface area contributed by atoms with Crippen molar-refractivity contribution in [2.75, 3.05) is 4.43 Å². The van der Waals surface area contributed by atoms with Gasteiger partial charge < -0.3 is 5.11 Å². The third kappa shape index (κ3) is 6.37. The Morgan fingerprint density at radius 1 is 1.60 bits per heavy atom. The molecule has 0 radical (unpaired) electrons. The van der Waals surface area contributed by atoms with Crippen LogP contribution >= 0.6 is 22.6 Å². The van der Waals surface area contributed by atoms with Crippen molar-refractivity contribution in [2.45, 2.75) is 32.3 Å². The van der Waals surface area contributed by atoms with E-state index in [-0.39, 0.29) is 0 Å². The quantitative estimate of drug-likeness (QED) is 0.462. The maximum atomic E-state index is 9.10. The molecule has 0 fully saturated rings. The molecular weight excluding hydrogens is 239 g/mol. The molecule has 0 aromatic heterocycles. The molecule has 0 aliphatic carbocycles. The number of rotatable bonds is 3.